The average molecular weight is 523 g/mol. The number of allylic oxidation sites excluding steroid dienone is 1. The molecule has 0 saturated heterocycles. The van der Waals surface area contributed by atoms with Gasteiger partial charge in [0.25, 0.3) is 0 Å². The van der Waals surface area contributed by atoms with E-state index < -0.39 is 5.97 Å². The second kappa shape index (κ2) is 11.0. The van der Waals surface area contributed by atoms with Crippen LogP contribution in [0.5, 0.6) is 17.2 Å². The van der Waals surface area contributed by atoms with Gasteiger partial charge in [-0.25, -0.2) is 4.79 Å². The molecule has 1 aromatic heterocycles. The number of fused-ring (bicyclic) bond motifs is 1. The third-order valence-electron chi connectivity index (χ3n) is 5.35. The Morgan fingerprint density at radius 3 is 2.85 bits per heavy atom. The summed E-state index contributed by atoms with van der Waals surface area (Å²) in [4.78, 5) is 12.3. The lowest BCUT2D eigenvalue weighted by Crippen LogP contribution is -2.18. The zero-order chi connectivity index (χ0) is 23.9. The number of rotatable bonds is 7. The van der Waals surface area contributed by atoms with E-state index in [1.807, 2.05) is 16.7 Å². The molecule has 2 heterocycles. The summed E-state index contributed by atoms with van der Waals surface area (Å²) in [7, 11) is 1.49. The molecule has 0 amide bonds. The first kappa shape index (κ1) is 23.5. The van der Waals surface area contributed by atoms with Gasteiger partial charge >= 0.3 is 5.97 Å². The lowest BCUT2D eigenvalue weighted by atomic mass is 10.1. The van der Waals surface area contributed by atoms with Crippen molar-refractivity contribution in [1.29, 1.82) is 5.26 Å². The number of hydrogen-bond acceptors (Lipinski definition) is 7. The number of aromatic nitrogens is 3. The predicted octanol–water partition coefficient (Wildman–Crippen LogP) is 4.82. The quantitative estimate of drug-likeness (QED) is 0.249. The maximum atomic E-state index is 12.3. The molecule has 0 spiro atoms. The number of carbonyl (C=O) groups excluding carboxylic acids is 1. The predicted molar refractivity (Wildman–Crippen MR) is 129 cm³/mol. The van der Waals surface area contributed by atoms with Crippen molar-refractivity contribution in [2.75, 3.05) is 13.7 Å². The van der Waals surface area contributed by atoms with E-state index in [1.54, 1.807) is 36.4 Å². The van der Waals surface area contributed by atoms with Gasteiger partial charge in [0.2, 0.25) is 0 Å². The third-order valence-corrected chi connectivity index (χ3v) is 5.84. The Morgan fingerprint density at radius 1 is 1.18 bits per heavy atom. The van der Waals surface area contributed by atoms with Crippen molar-refractivity contribution in [1.82, 2.24) is 14.8 Å². The van der Waals surface area contributed by atoms with Crippen molar-refractivity contribution < 1.29 is 19.0 Å². The number of benzene rings is 2. The Balaban J connectivity index is 1.49. The number of aryl methyl sites for hydroxylation is 1. The van der Waals surface area contributed by atoms with Crippen LogP contribution in [0.25, 0.3) is 11.6 Å². The molecule has 9 heteroatoms. The van der Waals surface area contributed by atoms with Gasteiger partial charge in [-0.1, -0.05) is 34.5 Å². The molecule has 8 nitrogen and oxygen atoms in total. The summed E-state index contributed by atoms with van der Waals surface area (Å²) >= 11 is 3.36. The number of carbonyl (C=O) groups is 1. The standard InChI is InChI=1S/C25H23BrN4O4/c1-32-22-13-17(12-18(15-27)25-29-28-23-8-3-2-4-11-30(23)25)9-10-21(22)34-24(31)16-33-20-7-5-6-19(26)14-20/h5-7,9-10,12-14H,2-4,8,11,16H2,1H3/b18-12+. The molecule has 0 radical (unpaired) electrons. The summed E-state index contributed by atoms with van der Waals surface area (Å²) < 4.78 is 19.2. The van der Waals surface area contributed by atoms with Crippen molar-refractivity contribution in [2.45, 2.75) is 32.2 Å². The van der Waals surface area contributed by atoms with Crippen molar-refractivity contribution in [3.8, 4) is 23.3 Å². The molecule has 1 aliphatic heterocycles. The minimum Gasteiger partial charge on any atom is -0.493 e. The molecule has 0 unspecified atom stereocenters. The van der Waals surface area contributed by atoms with Crippen LogP contribution in [0.3, 0.4) is 0 Å². The molecule has 0 fully saturated rings. The van der Waals surface area contributed by atoms with E-state index in [9.17, 15) is 10.1 Å². The molecular formula is C25H23BrN4O4. The Bertz CT molecular complexity index is 1260. The zero-order valence-electron chi connectivity index (χ0n) is 18.7. The fourth-order valence-corrected chi connectivity index (χ4v) is 4.09. The summed E-state index contributed by atoms with van der Waals surface area (Å²) in [5.74, 6) is 2.09. The molecule has 2 aromatic carbocycles. The number of halogens is 1. The molecule has 0 saturated carbocycles. The van der Waals surface area contributed by atoms with Gasteiger partial charge in [0.05, 0.1) is 12.7 Å². The first-order valence-corrected chi connectivity index (χ1v) is 11.7. The van der Waals surface area contributed by atoms with Crippen molar-refractivity contribution in [3.05, 3.63) is 64.1 Å². The topological polar surface area (TPSA) is 99.3 Å². The van der Waals surface area contributed by atoms with E-state index in [4.69, 9.17) is 14.2 Å². The van der Waals surface area contributed by atoms with E-state index in [1.165, 1.54) is 7.11 Å². The second-order valence-electron chi connectivity index (χ2n) is 7.70. The third kappa shape index (κ3) is 5.64. The molecule has 1 aliphatic rings. The molecule has 3 aromatic rings. The number of nitrogens with zero attached hydrogens (tertiary/aromatic N) is 4. The van der Waals surface area contributed by atoms with Crippen LogP contribution in [0, 0.1) is 11.3 Å². The maximum Gasteiger partial charge on any atom is 0.349 e. The Morgan fingerprint density at radius 2 is 2.06 bits per heavy atom. The summed E-state index contributed by atoms with van der Waals surface area (Å²) in [5.41, 5.74) is 1.12. The van der Waals surface area contributed by atoms with Gasteiger partial charge in [-0.3, -0.25) is 0 Å². The van der Waals surface area contributed by atoms with Crippen LogP contribution < -0.4 is 14.2 Å². The molecule has 0 atom stereocenters. The highest BCUT2D eigenvalue weighted by Gasteiger charge is 2.18. The summed E-state index contributed by atoms with van der Waals surface area (Å²) in [6.45, 7) is 0.550. The van der Waals surface area contributed by atoms with E-state index in [0.717, 1.165) is 42.5 Å². The minimum atomic E-state index is -0.564. The molecule has 0 bridgehead atoms. The normalized spacial score (nSPS) is 13.4. The lowest BCUT2D eigenvalue weighted by Gasteiger charge is -2.11. The van der Waals surface area contributed by atoms with Gasteiger partial charge in [-0.15, -0.1) is 10.2 Å². The average Bonchev–Trinajstić information content (AvgIpc) is 3.09. The van der Waals surface area contributed by atoms with Crippen LogP contribution >= 0.6 is 15.9 Å². The van der Waals surface area contributed by atoms with Crippen LogP contribution in [0.15, 0.2) is 46.9 Å². The van der Waals surface area contributed by atoms with E-state index in [2.05, 4.69) is 32.2 Å². The number of nitriles is 1. The van der Waals surface area contributed by atoms with Crippen LogP contribution in [0.1, 0.15) is 36.5 Å². The van der Waals surface area contributed by atoms with Crippen molar-refractivity contribution >= 4 is 33.5 Å². The van der Waals surface area contributed by atoms with Crippen molar-refractivity contribution in [2.24, 2.45) is 0 Å². The number of ether oxygens (including phenoxy) is 3. The minimum absolute atomic E-state index is 0.252. The number of hydrogen-bond donors (Lipinski definition) is 0. The highest BCUT2D eigenvalue weighted by molar-refractivity contribution is 9.10. The first-order valence-electron chi connectivity index (χ1n) is 10.9. The second-order valence-corrected chi connectivity index (χ2v) is 8.62. The Labute approximate surface area is 205 Å². The molecular weight excluding hydrogens is 500 g/mol. The van der Waals surface area contributed by atoms with Gasteiger partial charge in [0, 0.05) is 17.4 Å². The molecule has 0 N–H and O–H groups in total. The smallest absolute Gasteiger partial charge is 0.349 e. The van der Waals surface area contributed by atoms with Gasteiger partial charge < -0.3 is 18.8 Å². The van der Waals surface area contributed by atoms with E-state index in [0.29, 0.717) is 28.5 Å². The van der Waals surface area contributed by atoms with Crippen LogP contribution in [-0.4, -0.2) is 34.5 Å². The first-order chi connectivity index (χ1) is 16.6. The molecule has 174 valence electrons. The molecule has 0 aliphatic carbocycles. The number of methoxy groups -OCH3 is 1. The largest absolute Gasteiger partial charge is 0.493 e. The maximum absolute atomic E-state index is 12.3. The van der Waals surface area contributed by atoms with Crippen molar-refractivity contribution in [3.63, 3.8) is 0 Å². The summed E-state index contributed by atoms with van der Waals surface area (Å²) in [6.07, 6.45) is 5.85. The monoisotopic (exact) mass is 522 g/mol. The Kier molecular flexibility index (Phi) is 7.60. The van der Waals surface area contributed by atoms with Crippen LogP contribution in [-0.2, 0) is 17.8 Å². The highest BCUT2D eigenvalue weighted by Crippen LogP contribution is 2.30. The van der Waals surface area contributed by atoms with Crippen LogP contribution in [0.4, 0.5) is 0 Å². The fourth-order valence-electron chi connectivity index (χ4n) is 3.71. The van der Waals surface area contributed by atoms with Gasteiger partial charge in [0.15, 0.2) is 23.9 Å². The van der Waals surface area contributed by atoms with Gasteiger partial charge in [0.1, 0.15) is 17.6 Å². The lowest BCUT2D eigenvalue weighted by molar-refractivity contribution is -0.136. The summed E-state index contributed by atoms with van der Waals surface area (Å²) in [5, 5.41) is 18.3. The Hall–Kier alpha value is -3.64. The zero-order valence-corrected chi connectivity index (χ0v) is 20.2. The van der Waals surface area contributed by atoms with E-state index >= 15 is 0 Å². The van der Waals surface area contributed by atoms with E-state index in [-0.39, 0.29) is 12.4 Å². The van der Waals surface area contributed by atoms with Crippen LogP contribution in [0.2, 0.25) is 0 Å². The van der Waals surface area contributed by atoms with Gasteiger partial charge in [-0.05, 0) is 54.8 Å². The highest BCUT2D eigenvalue weighted by atomic mass is 79.9. The van der Waals surface area contributed by atoms with Gasteiger partial charge in [-0.2, -0.15) is 5.26 Å². The fraction of sp³-hybridized carbons (Fsp3) is 0.280. The summed E-state index contributed by atoms with van der Waals surface area (Å²) in [6, 6.07) is 14.5. The SMILES string of the molecule is COc1cc(/C=C(\C#N)c2nnc3n2CCCCC3)ccc1OC(=O)COc1cccc(Br)c1. The molecule has 34 heavy (non-hydrogen) atoms. The molecule has 4 rings (SSSR count). The number of esters is 1.